The lowest BCUT2D eigenvalue weighted by atomic mass is 10.6. The molecule has 0 saturated carbocycles. The molecule has 0 radical (unpaired) electrons. The van der Waals surface area contributed by atoms with Gasteiger partial charge in [-0.3, -0.25) is 0 Å². The van der Waals surface area contributed by atoms with Crippen molar-refractivity contribution in [3.05, 3.63) is 0 Å². The molecule has 0 amide bonds. The van der Waals surface area contributed by atoms with E-state index in [1.54, 1.807) is 0 Å². The molecule has 0 atom stereocenters. The highest BCUT2D eigenvalue weighted by Gasteiger charge is 2.04. The van der Waals surface area contributed by atoms with Gasteiger partial charge in [-0.05, 0) is 0 Å². The average Bonchev–Trinajstić information content (AvgIpc) is 3.37. The maximum absolute atomic E-state index is 11.7. The molecule has 0 aromatic rings. The summed E-state index contributed by atoms with van der Waals surface area (Å²) in [5, 5.41) is 17.2. The molecule has 0 aromatic heterocycles. The molecule has 0 aliphatic carbocycles. The molecule has 0 aliphatic heterocycles. The maximum atomic E-state index is 11.7. The monoisotopic (exact) mass is 1030 g/mol. The molecule has 25 heteroatoms. The van der Waals surface area contributed by atoms with Gasteiger partial charge in [-0.15, -0.1) is 0 Å². The molecule has 0 fully saturated rings. The quantitative estimate of drug-likeness (QED) is 0.0572. The van der Waals surface area contributed by atoms with Gasteiger partial charge in [0.25, 0.3) is 0 Å². The third-order valence-corrected chi connectivity index (χ3v) is 8.06. The molecular weight excluding hydrogens is 940 g/mol. The van der Waals surface area contributed by atoms with Crippen molar-refractivity contribution >= 4 is 6.16 Å². The Labute approximate surface area is 415 Å². The van der Waals surface area contributed by atoms with Crippen LogP contribution in [0.15, 0.2) is 0 Å². The fourth-order valence-corrected chi connectivity index (χ4v) is 4.70. The van der Waals surface area contributed by atoms with E-state index in [9.17, 15) is 4.79 Å². The largest absolute Gasteiger partial charge is 0.508 e. The minimum atomic E-state index is -0.790. The number of carbonyl (C=O) groups excluding carboxylic acids is 1. The summed E-state index contributed by atoms with van der Waals surface area (Å²) < 4.78 is 118. The van der Waals surface area contributed by atoms with Crippen LogP contribution in [0.5, 0.6) is 0 Å². The third kappa shape index (κ3) is 64.4. The van der Waals surface area contributed by atoms with E-state index in [4.69, 9.17) is 114 Å². The zero-order valence-corrected chi connectivity index (χ0v) is 41.9. The molecule has 0 rings (SSSR count). The van der Waals surface area contributed by atoms with Crippen LogP contribution in [0.2, 0.25) is 0 Å². The Bertz CT molecular complexity index is 880. The van der Waals surface area contributed by atoms with E-state index in [0.717, 1.165) is 0 Å². The highest BCUT2D eigenvalue weighted by Crippen LogP contribution is 1.91. The van der Waals surface area contributed by atoms with Crippen molar-refractivity contribution < 1.29 is 119 Å². The average molecular weight is 1030 g/mol. The summed E-state index contributed by atoms with van der Waals surface area (Å²) in [5.74, 6) is 0. The Balaban J connectivity index is 3.14. The van der Waals surface area contributed by atoms with E-state index in [1.165, 1.54) is 0 Å². The number of rotatable bonds is 64. The number of ether oxygens (including phenoxy) is 22. The Hall–Kier alpha value is -1.61. The fourth-order valence-electron chi connectivity index (χ4n) is 4.70. The molecule has 0 aliphatic rings. The highest BCUT2D eigenvalue weighted by molar-refractivity contribution is 5.59. The van der Waals surface area contributed by atoms with Crippen molar-refractivity contribution in [1.29, 1.82) is 0 Å². The SMILES string of the molecule is O=C(OCCOCCOCCOCCOCCOCCOCCOCCOCCOCCOCCO)OCCOCCOCCOCCOCCOCCOCCOCCOCCOCCOCCO. The van der Waals surface area contributed by atoms with E-state index in [0.29, 0.717) is 251 Å². The second-order valence-electron chi connectivity index (χ2n) is 13.6. The number of hydrogen-bond donors (Lipinski definition) is 2. The Morgan fingerprint density at radius 3 is 0.386 bits per heavy atom. The normalized spacial score (nSPS) is 11.6. The zero-order valence-electron chi connectivity index (χ0n) is 41.9. The predicted molar refractivity (Wildman–Crippen MR) is 248 cm³/mol. The van der Waals surface area contributed by atoms with E-state index >= 15 is 0 Å². The first-order valence-electron chi connectivity index (χ1n) is 24.4. The molecule has 0 bridgehead atoms. The van der Waals surface area contributed by atoms with E-state index in [-0.39, 0.29) is 39.6 Å². The summed E-state index contributed by atoms with van der Waals surface area (Å²) in [6, 6.07) is 0. The van der Waals surface area contributed by atoms with Crippen LogP contribution in [0.25, 0.3) is 0 Å². The summed E-state index contributed by atoms with van der Waals surface area (Å²) in [6.07, 6.45) is -0.790. The van der Waals surface area contributed by atoms with Gasteiger partial charge in [0.1, 0.15) is 13.2 Å². The van der Waals surface area contributed by atoms with Crippen LogP contribution >= 0.6 is 0 Å². The predicted octanol–water partition coefficient (Wildman–Crippen LogP) is -0.544. The highest BCUT2D eigenvalue weighted by atomic mass is 16.7. The molecule has 25 nitrogen and oxygen atoms in total. The molecule has 2 N–H and O–H groups in total. The van der Waals surface area contributed by atoms with Crippen molar-refractivity contribution in [1.82, 2.24) is 0 Å². The Morgan fingerprint density at radius 1 is 0.171 bits per heavy atom. The van der Waals surface area contributed by atoms with Crippen LogP contribution in [0.1, 0.15) is 0 Å². The number of aliphatic hydroxyl groups excluding tert-OH is 2. The molecule has 420 valence electrons. The minimum absolute atomic E-state index is 0.0133. The van der Waals surface area contributed by atoms with Gasteiger partial charge >= 0.3 is 6.16 Å². The number of hydrogen-bond acceptors (Lipinski definition) is 25. The van der Waals surface area contributed by atoms with Crippen LogP contribution in [0.3, 0.4) is 0 Å². The van der Waals surface area contributed by atoms with Gasteiger partial charge in [-0.1, -0.05) is 0 Å². The van der Waals surface area contributed by atoms with Crippen LogP contribution in [-0.2, 0) is 104 Å². The third-order valence-electron chi connectivity index (χ3n) is 8.06. The smallest absolute Gasteiger partial charge is 0.432 e. The molecule has 0 aromatic carbocycles. The second kappa shape index (κ2) is 65.4. The molecule has 0 saturated heterocycles. The summed E-state index contributed by atoms with van der Waals surface area (Å²) in [6.45, 7) is 17.7. The van der Waals surface area contributed by atoms with Crippen LogP contribution < -0.4 is 0 Å². The van der Waals surface area contributed by atoms with Gasteiger partial charge in [0.2, 0.25) is 0 Å². The van der Waals surface area contributed by atoms with Gasteiger partial charge in [-0.25, -0.2) is 4.79 Å². The first-order chi connectivity index (χ1) is 34.8. The van der Waals surface area contributed by atoms with Crippen molar-refractivity contribution in [3.63, 3.8) is 0 Å². The topological polar surface area (TPSA) is 261 Å². The summed E-state index contributed by atoms with van der Waals surface area (Å²) >= 11 is 0. The molecule has 0 spiro atoms. The van der Waals surface area contributed by atoms with Gasteiger partial charge in [0.05, 0.1) is 277 Å². The van der Waals surface area contributed by atoms with E-state index < -0.39 is 6.16 Å². The van der Waals surface area contributed by atoms with E-state index in [2.05, 4.69) is 0 Å². The number of aliphatic hydroxyl groups is 2. The number of carbonyl (C=O) groups is 1. The van der Waals surface area contributed by atoms with E-state index in [1.807, 2.05) is 0 Å². The second-order valence-corrected chi connectivity index (χ2v) is 13.6. The van der Waals surface area contributed by atoms with Crippen molar-refractivity contribution in [2.45, 2.75) is 0 Å². The van der Waals surface area contributed by atoms with Gasteiger partial charge in [0, 0.05) is 0 Å². The fraction of sp³-hybridized carbons (Fsp3) is 0.978. The van der Waals surface area contributed by atoms with Crippen molar-refractivity contribution in [2.24, 2.45) is 0 Å². The van der Waals surface area contributed by atoms with Gasteiger partial charge in [-0.2, -0.15) is 0 Å². The van der Waals surface area contributed by atoms with Crippen molar-refractivity contribution in [2.75, 3.05) is 291 Å². The zero-order chi connectivity index (χ0) is 50.2. The molecule has 0 heterocycles. The lowest BCUT2D eigenvalue weighted by Gasteiger charge is -2.09. The van der Waals surface area contributed by atoms with Gasteiger partial charge < -0.3 is 114 Å². The van der Waals surface area contributed by atoms with Crippen LogP contribution in [0, 0.1) is 0 Å². The molecule has 0 unspecified atom stereocenters. The minimum Gasteiger partial charge on any atom is -0.432 e. The maximum Gasteiger partial charge on any atom is 0.508 e. The van der Waals surface area contributed by atoms with Crippen LogP contribution in [-0.4, -0.2) is 307 Å². The van der Waals surface area contributed by atoms with Gasteiger partial charge in [0.15, 0.2) is 0 Å². The van der Waals surface area contributed by atoms with Crippen LogP contribution in [0.4, 0.5) is 4.79 Å². The summed E-state index contributed by atoms with van der Waals surface area (Å²) in [7, 11) is 0. The molecule has 70 heavy (non-hydrogen) atoms. The Morgan fingerprint density at radius 2 is 0.271 bits per heavy atom. The lowest BCUT2D eigenvalue weighted by molar-refractivity contribution is -0.0292. The van der Waals surface area contributed by atoms with Crippen molar-refractivity contribution in [3.8, 4) is 0 Å². The first-order valence-corrected chi connectivity index (χ1v) is 24.4. The Kier molecular flexibility index (Phi) is 63.9. The summed E-state index contributed by atoms with van der Waals surface area (Å²) in [5.41, 5.74) is 0. The molecular formula is C45H90O25. The first kappa shape index (κ1) is 68.4. The standard InChI is InChI=1S/C45H90O25/c46-1-3-49-5-7-51-9-11-53-13-15-55-17-19-57-21-23-59-25-27-61-29-31-63-33-35-65-37-39-67-41-43-69-45(48)70-44-42-68-40-38-66-36-34-64-32-30-62-28-26-60-24-22-58-20-18-56-16-14-54-12-10-52-8-6-50-4-2-47/h46-47H,1-44H2. The lowest BCUT2D eigenvalue weighted by Crippen LogP contribution is -2.17. The summed E-state index contributed by atoms with van der Waals surface area (Å²) in [4.78, 5) is 11.7.